The van der Waals surface area contributed by atoms with Crippen molar-refractivity contribution >= 4 is 34.4 Å². The first-order valence-corrected chi connectivity index (χ1v) is 12.2. The smallest absolute Gasteiger partial charge is 0.250 e. The van der Waals surface area contributed by atoms with Gasteiger partial charge in [0.05, 0.1) is 43.3 Å². The van der Waals surface area contributed by atoms with Crippen LogP contribution in [0.1, 0.15) is 23.6 Å². The lowest BCUT2D eigenvalue weighted by Crippen LogP contribution is -2.21. The van der Waals surface area contributed by atoms with Crippen molar-refractivity contribution in [2.75, 3.05) is 20.0 Å². The lowest BCUT2D eigenvalue weighted by Gasteiger charge is -2.10. The van der Waals surface area contributed by atoms with Crippen molar-refractivity contribution in [3.63, 3.8) is 0 Å². The van der Waals surface area contributed by atoms with Gasteiger partial charge in [-0.15, -0.1) is 0 Å². The summed E-state index contributed by atoms with van der Waals surface area (Å²) in [4.78, 5) is 17.3. The van der Waals surface area contributed by atoms with Gasteiger partial charge in [0.15, 0.2) is 16.7 Å². The molecule has 0 atom stereocenters. The van der Waals surface area contributed by atoms with E-state index in [0.717, 1.165) is 21.8 Å². The van der Waals surface area contributed by atoms with E-state index in [1.165, 1.54) is 22.9 Å². The number of rotatable bonds is 9. The second-order valence-electron chi connectivity index (χ2n) is 8.05. The molecule has 0 aliphatic heterocycles. The van der Waals surface area contributed by atoms with Gasteiger partial charge >= 0.3 is 0 Å². The number of amides is 1. The van der Waals surface area contributed by atoms with Gasteiger partial charge in [-0.2, -0.15) is 5.10 Å². The first kappa shape index (κ1) is 24.3. The minimum atomic E-state index is -0.205. The van der Waals surface area contributed by atoms with Gasteiger partial charge in [0, 0.05) is 5.56 Å². The monoisotopic (exact) mass is 488 g/mol. The number of carbonyl (C=O) groups is 1. The summed E-state index contributed by atoms with van der Waals surface area (Å²) in [6.07, 6.45) is 0. The molecule has 3 aromatic carbocycles. The Morgan fingerprint density at radius 2 is 1.77 bits per heavy atom. The van der Waals surface area contributed by atoms with E-state index in [9.17, 15) is 4.79 Å². The Morgan fingerprint density at radius 3 is 2.51 bits per heavy atom. The summed E-state index contributed by atoms with van der Waals surface area (Å²) in [5, 5.41) is 5.05. The second kappa shape index (κ2) is 11.1. The fraction of sp³-hybridized carbons (Fsp3) is 0.222. The molecule has 0 fully saturated rings. The number of thioether (sulfide) groups is 1. The highest BCUT2D eigenvalue weighted by Crippen LogP contribution is 2.28. The molecule has 1 amide bonds. The van der Waals surface area contributed by atoms with Gasteiger partial charge in [-0.3, -0.25) is 4.79 Å². The summed E-state index contributed by atoms with van der Waals surface area (Å²) in [5.41, 5.74) is 8.49. The average molecular weight is 489 g/mol. The summed E-state index contributed by atoms with van der Waals surface area (Å²) >= 11 is 1.40. The molecule has 8 heteroatoms. The standard InChI is InChI=1S/C27H28N4O3S/c1-18-9-11-20(12-10-18)16-31-23-8-6-5-7-22(23)28-27(31)35-17-26(32)30-29-19(2)21-13-14-24(33-3)25(15-21)34-4/h5-15H,16-17H2,1-4H3,(H,30,32). The van der Waals surface area contributed by atoms with Crippen LogP contribution in [0.3, 0.4) is 0 Å². The highest BCUT2D eigenvalue weighted by atomic mass is 32.2. The van der Waals surface area contributed by atoms with E-state index in [2.05, 4.69) is 52.3 Å². The summed E-state index contributed by atoms with van der Waals surface area (Å²) in [7, 11) is 3.17. The van der Waals surface area contributed by atoms with E-state index in [4.69, 9.17) is 14.5 Å². The predicted molar refractivity (Wildman–Crippen MR) is 141 cm³/mol. The number of aromatic nitrogens is 2. The van der Waals surface area contributed by atoms with E-state index < -0.39 is 0 Å². The van der Waals surface area contributed by atoms with Crippen LogP contribution >= 0.6 is 11.8 Å². The Bertz CT molecular complexity index is 1360. The second-order valence-corrected chi connectivity index (χ2v) is 8.99. The summed E-state index contributed by atoms with van der Waals surface area (Å²) in [6.45, 7) is 4.59. The van der Waals surface area contributed by atoms with Crippen molar-refractivity contribution in [2.24, 2.45) is 5.10 Å². The number of nitrogens with one attached hydrogen (secondary N) is 1. The molecule has 1 N–H and O–H groups in total. The van der Waals surface area contributed by atoms with Crippen molar-refractivity contribution in [3.05, 3.63) is 83.4 Å². The van der Waals surface area contributed by atoms with Crippen molar-refractivity contribution in [3.8, 4) is 11.5 Å². The van der Waals surface area contributed by atoms with Gasteiger partial charge in [0.2, 0.25) is 0 Å². The molecule has 4 rings (SSSR count). The Hall–Kier alpha value is -3.78. The number of carbonyl (C=O) groups excluding carboxylic acids is 1. The number of methoxy groups -OCH3 is 2. The lowest BCUT2D eigenvalue weighted by molar-refractivity contribution is -0.118. The van der Waals surface area contributed by atoms with Crippen LogP contribution in [0.5, 0.6) is 11.5 Å². The molecule has 7 nitrogen and oxygen atoms in total. The highest BCUT2D eigenvalue weighted by molar-refractivity contribution is 7.99. The minimum absolute atomic E-state index is 0.194. The number of ether oxygens (including phenoxy) is 2. The molecule has 35 heavy (non-hydrogen) atoms. The molecule has 0 radical (unpaired) electrons. The van der Waals surface area contributed by atoms with E-state index in [0.29, 0.717) is 23.8 Å². The third-order valence-corrected chi connectivity index (χ3v) is 6.54. The number of para-hydroxylation sites is 2. The molecule has 1 aromatic heterocycles. The van der Waals surface area contributed by atoms with Crippen LogP contribution in [0.15, 0.2) is 77.0 Å². The maximum atomic E-state index is 12.6. The third-order valence-electron chi connectivity index (χ3n) is 5.56. The normalized spacial score (nSPS) is 11.5. The van der Waals surface area contributed by atoms with Crippen LogP contribution in [0.25, 0.3) is 11.0 Å². The molecule has 0 saturated heterocycles. The zero-order chi connectivity index (χ0) is 24.8. The van der Waals surface area contributed by atoms with E-state index in [1.807, 2.05) is 43.3 Å². The number of nitrogens with zero attached hydrogens (tertiary/aromatic N) is 3. The first-order valence-electron chi connectivity index (χ1n) is 11.2. The van der Waals surface area contributed by atoms with Crippen LogP contribution in [-0.4, -0.2) is 41.1 Å². The van der Waals surface area contributed by atoms with Gasteiger partial charge in [-0.1, -0.05) is 53.7 Å². The zero-order valence-electron chi connectivity index (χ0n) is 20.2. The van der Waals surface area contributed by atoms with Gasteiger partial charge in [0.25, 0.3) is 5.91 Å². The van der Waals surface area contributed by atoms with E-state index in [1.54, 1.807) is 14.2 Å². The Labute approximate surface area is 209 Å². The van der Waals surface area contributed by atoms with Gasteiger partial charge in [-0.05, 0) is 49.7 Å². The molecule has 0 spiro atoms. The quantitative estimate of drug-likeness (QED) is 0.203. The number of fused-ring (bicyclic) bond motifs is 1. The Morgan fingerprint density at radius 1 is 1.03 bits per heavy atom. The van der Waals surface area contributed by atoms with Crippen molar-refractivity contribution in [1.82, 2.24) is 15.0 Å². The van der Waals surface area contributed by atoms with Gasteiger partial charge < -0.3 is 14.0 Å². The molecule has 0 saturated carbocycles. The van der Waals surface area contributed by atoms with Crippen LogP contribution < -0.4 is 14.9 Å². The molecule has 0 aliphatic carbocycles. The molecule has 180 valence electrons. The van der Waals surface area contributed by atoms with Gasteiger partial charge in [0.1, 0.15) is 0 Å². The lowest BCUT2D eigenvalue weighted by atomic mass is 10.1. The summed E-state index contributed by atoms with van der Waals surface area (Å²) < 4.78 is 12.8. The number of aryl methyl sites for hydroxylation is 1. The fourth-order valence-electron chi connectivity index (χ4n) is 3.63. The van der Waals surface area contributed by atoms with Crippen molar-refractivity contribution in [2.45, 2.75) is 25.5 Å². The molecular formula is C27H28N4O3S. The van der Waals surface area contributed by atoms with Crippen molar-refractivity contribution < 1.29 is 14.3 Å². The maximum absolute atomic E-state index is 12.6. The molecular weight excluding hydrogens is 460 g/mol. The number of imidazole rings is 1. The Kier molecular flexibility index (Phi) is 7.72. The third kappa shape index (κ3) is 5.84. The predicted octanol–water partition coefficient (Wildman–Crippen LogP) is 5.04. The zero-order valence-corrected chi connectivity index (χ0v) is 21.1. The number of hydrogen-bond donors (Lipinski definition) is 1. The van der Waals surface area contributed by atoms with Crippen LogP contribution in [-0.2, 0) is 11.3 Å². The molecule has 4 aromatic rings. The van der Waals surface area contributed by atoms with Gasteiger partial charge in [-0.25, -0.2) is 10.4 Å². The van der Waals surface area contributed by atoms with Crippen LogP contribution in [0.4, 0.5) is 0 Å². The molecule has 1 heterocycles. The number of hydrazone groups is 1. The number of benzene rings is 3. The summed E-state index contributed by atoms with van der Waals surface area (Å²) in [5.74, 6) is 1.23. The fourth-order valence-corrected chi connectivity index (χ4v) is 4.43. The van der Waals surface area contributed by atoms with E-state index >= 15 is 0 Å². The molecule has 0 unspecified atom stereocenters. The summed E-state index contributed by atoms with van der Waals surface area (Å²) in [6, 6.07) is 22.0. The maximum Gasteiger partial charge on any atom is 0.250 e. The minimum Gasteiger partial charge on any atom is -0.493 e. The number of hydrogen-bond acceptors (Lipinski definition) is 6. The Balaban J connectivity index is 1.45. The van der Waals surface area contributed by atoms with Crippen molar-refractivity contribution in [1.29, 1.82) is 0 Å². The first-order chi connectivity index (χ1) is 17.0. The largest absolute Gasteiger partial charge is 0.493 e. The van der Waals surface area contributed by atoms with E-state index in [-0.39, 0.29) is 11.7 Å². The highest BCUT2D eigenvalue weighted by Gasteiger charge is 2.14. The topological polar surface area (TPSA) is 77.7 Å². The molecule has 0 bridgehead atoms. The average Bonchev–Trinajstić information content (AvgIpc) is 3.24. The molecule has 0 aliphatic rings. The SMILES string of the molecule is COc1ccc(C(C)=NNC(=O)CSc2nc3ccccc3n2Cc2ccc(C)cc2)cc1OC. The van der Waals surface area contributed by atoms with Crippen LogP contribution in [0.2, 0.25) is 0 Å². The van der Waals surface area contributed by atoms with Crippen LogP contribution in [0, 0.1) is 6.92 Å².